The molecular formula is C35H62N6O11. The van der Waals surface area contributed by atoms with Gasteiger partial charge in [-0.2, -0.15) is 0 Å². The second kappa shape index (κ2) is 31.6. The second-order valence-electron chi connectivity index (χ2n) is 12.1. The molecule has 1 saturated carbocycles. The van der Waals surface area contributed by atoms with Gasteiger partial charge in [0.1, 0.15) is 12.0 Å². The molecule has 1 aromatic rings. The summed E-state index contributed by atoms with van der Waals surface area (Å²) in [5.74, 6) is 0.125. The van der Waals surface area contributed by atoms with Crippen molar-refractivity contribution in [3.63, 3.8) is 0 Å². The molecule has 0 spiro atoms. The van der Waals surface area contributed by atoms with E-state index in [1.165, 1.54) is 12.2 Å². The molecule has 2 rings (SSSR count). The number of hydrogen-bond acceptors (Lipinski definition) is 14. The van der Waals surface area contributed by atoms with Gasteiger partial charge in [0.05, 0.1) is 125 Å². The van der Waals surface area contributed by atoms with Gasteiger partial charge in [-0.3, -0.25) is 14.4 Å². The number of aromatic nitrogens is 3. The van der Waals surface area contributed by atoms with Gasteiger partial charge in [-0.05, 0) is 44.7 Å². The van der Waals surface area contributed by atoms with E-state index in [1.807, 2.05) is 7.05 Å². The highest BCUT2D eigenvalue weighted by Gasteiger charge is 2.27. The van der Waals surface area contributed by atoms with Gasteiger partial charge in [0, 0.05) is 32.1 Å². The Bertz CT molecular complexity index is 1070. The van der Waals surface area contributed by atoms with Gasteiger partial charge in [0.25, 0.3) is 0 Å². The quantitative estimate of drug-likeness (QED) is 0.0558. The fourth-order valence-electron chi connectivity index (χ4n) is 5.16. The third-order valence-electron chi connectivity index (χ3n) is 8.04. The van der Waals surface area contributed by atoms with Crippen molar-refractivity contribution in [2.24, 2.45) is 11.8 Å². The minimum atomic E-state index is -0.190. The lowest BCUT2D eigenvalue weighted by atomic mass is 9.81. The Morgan fingerprint density at radius 3 is 1.73 bits per heavy atom. The number of carbonyl (C=O) groups excluding carboxylic acids is 3. The highest BCUT2D eigenvalue weighted by atomic mass is 16.6. The van der Waals surface area contributed by atoms with Crippen LogP contribution in [0.3, 0.4) is 0 Å². The summed E-state index contributed by atoms with van der Waals surface area (Å²) in [6.07, 6.45) is 8.17. The molecule has 2 N–H and O–H groups in total. The molecule has 0 aromatic carbocycles. The van der Waals surface area contributed by atoms with Crippen LogP contribution in [0.1, 0.15) is 31.4 Å². The molecule has 52 heavy (non-hydrogen) atoms. The fraction of sp³-hybridized carbons (Fsp3) is 0.800. The van der Waals surface area contributed by atoms with Crippen LogP contribution in [0.2, 0.25) is 0 Å². The number of hydrogen-bond donors (Lipinski definition) is 2. The van der Waals surface area contributed by atoms with Gasteiger partial charge < -0.3 is 53.4 Å². The average Bonchev–Trinajstić information content (AvgIpc) is 3.62. The zero-order valence-corrected chi connectivity index (χ0v) is 31.2. The lowest BCUT2D eigenvalue weighted by Gasteiger charge is -2.30. The molecule has 0 atom stereocenters. The summed E-state index contributed by atoms with van der Waals surface area (Å²) in [6, 6.07) is 0. The predicted molar refractivity (Wildman–Crippen MR) is 191 cm³/mol. The SMILES string of the molecule is CNCCOCCOCCOCCOCCOCCOCCOCCOCCn1cc(CNC(=O)C2CCC(CN(C)C(=O)/C=C\C=O)CC2)nn1. The summed E-state index contributed by atoms with van der Waals surface area (Å²) in [6.45, 7) is 10.5. The van der Waals surface area contributed by atoms with Crippen molar-refractivity contribution < 1.29 is 52.3 Å². The molecule has 0 bridgehead atoms. The molecule has 17 heteroatoms. The van der Waals surface area contributed by atoms with E-state index in [-0.39, 0.29) is 17.7 Å². The van der Waals surface area contributed by atoms with Gasteiger partial charge in [-0.25, -0.2) is 4.68 Å². The van der Waals surface area contributed by atoms with Gasteiger partial charge in [0.15, 0.2) is 0 Å². The first-order valence-electron chi connectivity index (χ1n) is 18.3. The van der Waals surface area contributed by atoms with Gasteiger partial charge in [-0.1, -0.05) is 5.21 Å². The second-order valence-corrected chi connectivity index (χ2v) is 12.1. The van der Waals surface area contributed by atoms with Crippen molar-refractivity contribution in [2.75, 3.05) is 133 Å². The standard InChI is InChI=1S/C35H62N6O11/c1-36-9-12-45-14-16-47-18-20-49-22-24-51-26-27-52-25-23-50-21-19-48-17-15-46-13-10-41-30-33(38-39-41)28-37-35(44)32-7-5-31(6-8-32)29-40(2)34(43)4-3-11-42/h3-4,11,30-32,36H,5-10,12-29H2,1-2H3,(H,37,44)/b4-3-. The summed E-state index contributed by atoms with van der Waals surface area (Å²) in [5, 5.41) is 14.2. The summed E-state index contributed by atoms with van der Waals surface area (Å²) in [4.78, 5) is 36.7. The largest absolute Gasteiger partial charge is 0.378 e. The van der Waals surface area contributed by atoms with Crippen LogP contribution in [0.4, 0.5) is 0 Å². The Hall–Kier alpha value is -2.87. The molecule has 1 fully saturated rings. The van der Waals surface area contributed by atoms with Crippen LogP contribution in [-0.2, 0) is 65.4 Å². The number of carbonyl (C=O) groups is 3. The number of likely N-dealkylation sites (N-methyl/N-ethyl adjacent to an activating group) is 2. The number of amides is 2. The molecule has 1 aromatic heterocycles. The number of allylic oxidation sites excluding steroid dienone is 1. The topological polar surface area (TPSA) is 183 Å². The highest BCUT2D eigenvalue weighted by Crippen LogP contribution is 2.29. The number of aldehydes is 1. The maximum Gasteiger partial charge on any atom is 0.246 e. The summed E-state index contributed by atoms with van der Waals surface area (Å²) < 4.78 is 45.6. The monoisotopic (exact) mass is 742 g/mol. The van der Waals surface area contributed by atoms with E-state index in [0.717, 1.165) is 32.2 Å². The highest BCUT2D eigenvalue weighted by molar-refractivity contribution is 5.90. The average molecular weight is 743 g/mol. The van der Waals surface area contributed by atoms with E-state index in [9.17, 15) is 14.4 Å². The van der Waals surface area contributed by atoms with Crippen molar-refractivity contribution >= 4 is 18.1 Å². The van der Waals surface area contributed by atoms with Crippen LogP contribution in [-0.4, -0.2) is 171 Å². The van der Waals surface area contributed by atoms with E-state index in [0.29, 0.717) is 143 Å². The zero-order valence-electron chi connectivity index (χ0n) is 31.2. The fourth-order valence-corrected chi connectivity index (χ4v) is 5.16. The third kappa shape index (κ3) is 23.6. The summed E-state index contributed by atoms with van der Waals surface area (Å²) >= 11 is 0. The molecule has 1 aliphatic rings. The van der Waals surface area contributed by atoms with Gasteiger partial charge in [-0.15, -0.1) is 5.10 Å². The van der Waals surface area contributed by atoms with Crippen LogP contribution < -0.4 is 10.6 Å². The number of nitrogens with one attached hydrogen (secondary N) is 2. The van der Waals surface area contributed by atoms with E-state index < -0.39 is 0 Å². The minimum absolute atomic E-state index is 0.0174. The van der Waals surface area contributed by atoms with Gasteiger partial charge >= 0.3 is 0 Å². The van der Waals surface area contributed by atoms with Crippen molar-refractivity contribution in [3.8, 4) is 0 Å². The lowest BCUT2D eigenvalue weighted by molar-refractivity contribution is -0.128. The van der Waals surface area contributed by atoms with Crippen LogP contribution in [0, 0.1) is 11.8 Å². The predicted octanol–water partition coefficient (Wildman–Crippen LogP) is 0.266. The Balaban J connectivity index is 1.32. The molecule has 1 heterocycles. The van der Waals surface area contributed by atoms with Crippen LogP contribution in [0.25, 0.3) is 0 Å². The van der Waals surface area contributed by atoms with Crippen molar-refractivity contribution in [1.82, 2.24) is 30.5 Å². The van der Waals surface area contributed by atoms with E-state index in [1.54, 1.807) is 22.8 Å². The Morgan fingerprint density at radius 2 is 1.25 bits per heavy atom. The molecule has 1 aliphatic carbocycles. The minimum Gasteiger partial charge on any atom is -0.378 e. The van der Waals surface area contributed by atoms with Crippen LogP contribution in [0.5, 0.6) is 0 Å². The maximum absolute atomic E-state index is 12.7. The molecule has 0 aliphatic heterocycles. The molecule has 2 amide bonds. The van der Waals surface area contributed by atoms with Crippen molar-refractivity contribution in [3.05, 3.63) is 24.0 Å². The van der Waals surface area contributed by atoms with E-state index >= 15 is 0 Å². The van der Waals surface area contributed by atoms with Crippen LogP contribution in [0.15, 0.2) is 18.3 Å². The van der Waals surface area contributed by atoms with E-state index in [4.69, 9.17) is 37.9 Å². The number of nitrogens with zero attached hydrogens (tertiary/aromatic N) is 4. The lowest BCUT2D eigenvalue weighted by Crippen LogP contribution is -2.36. The van der Waals surface area contributed by atoms with Crippen LogP contribution >= 0.6 is 0 Å². The first-order valence-corrected chi connectivity index (χ1v) is 18.3. The molecule has 0 unspecified atom stereocenters. The van der Waals surface area contributed by atoms with E-state index in [2.05, 4.69) is 20.9 Å². The molecule has 17 nitrogen and oxygen atoms in total. The molecule has 0 saturated heterocycles. The first-order chi connectivity index (χ1) is 25.5. The van der Waals surface area contributed by atoms with Gasteiger partial charge in [0.2, 0.25) is 11.8 Å². The number of ether oxygens (including phenoxy) is 8. The molecular weight excluding hydrogens is 680 g/mol. The Morgan fingerprint density at radius 1 is 0.769 bits per heavy atom. The molecule has 298 valence electrons. The Kier molecular flexibility index (Phi) is 27.6. The molecule has 0 radical (unpaired) electrons. The summed E-state index contributed by atoms with van der Waals surface area (Å²) in [5.41, 5.74) is 0.685. The summed E-state index contributed by atoms with van der Waals surface area (Å²) in [7, 11) is 3.62. The number of rotatable bonds is 34. The normalized spacial score (nSPS) is 16.0. The zero-order chi connectivity index (χ0) is 37.3. The maximum atomic E-state index is 12.7. The Labute approximate surface area is 308 Å². The van der Waals surface area contributed by atoms with Crippen molar-refractivity contribution in [1.29, 1.82) is 0 Å². The third-order valence-corrected chi connectivity index (χ3v) is 8.04. The smallest absolute Gasteiger partial charge is 0.246 e. The first kappa shape index (κ1) is 45.3. The van der Waals surface area contributed by atoms with Crippen molar-refractivity contribution in [2.45, 2.75) is 38.8 Å².